The zero-order valence-electron chi connectivity index (χ0n) is 16.5. The van der Waals surface area contributed by atoms with E-state index in [1.807, 2.05) is 37.3 Å². The van der Waals surface area contributed by atoms with E-state index < -0.39 is 0 Å². The molecular weight excluding hydrogens is 370 g/mol. The van der Waals surface area contributed by atoms with E-state index in [9.17, 15) is 9.59 Å². The highest BCUT2D eigenvalue weighted by molar-refractivity contribution is 5.95. The number of hydrogen-bond donors (Lipinski definition) is 0. The highest BCUT2D eigenvalue weighted by atomic mass is 16.5. The minimum absolute atomic E-state index is 0.0994. The molecule has 0 saturated carbocycles. The van der Waals surface area contributed by atoms with E-state index in [1.54, 1.807) is 22.7 Å². The second-order valence-electron chi connectivity index (χ2n) is 7.19. The summed E-state index contributed by atoms with van der Waals surface area (Å²) >= 11 is 0. The maximum Gasteiger partial charge on any atom is 0.310 e. The van der Waals surface area contributed by atoms with Gasteiger partial charge in [0.2, 0.25) is 0 Å². The summed E-state index contributed by atoms with van der Waals surface area (Å²) in [6.07, 6.45) is 3.22. The van der Waals surface area contributed by atoms with Gasteiger partial charge in [-0.1, -0.05) is 11.3 Å². The molecule has 0 N–H and O–H groups in total. The number of aryl methyl sites for hydroxylation is 1. The molecule has 3 heterocycles. The Bertz CT molecular complexity index is 1060. The van der Waals surface area contributed by atoms with E-state index in [1.165, 1.54) is 0 Å². The molecule has 0 bridgehead atoms. The molecule has 1 aliphatic rings. The van der Waals surface area contributed by atoms with Gasteiger partial charge in [-0.05, 0) is 56.5 Å². The summed E-state index contributed by atoms with van der Waals surface area (Å²) in [5.74, 6) is -0.589. The molecule has 1 fully saturated rings. The third-order valence-electron chi connectivity index (χ3n) is 5.22. The van der Waals surface area contributed by atoms with Crippen molar-refractivity contribution in [1.82, 2.24) is 24.9 Å². The van der Waals surface area contributed by atoms with Crippen LogP contribution in [0.2, 0.25) is 0 Å². The molecule has 4 rings (SSSR count). The number of likely N-dealkylation sites (tertiary alicyclic amines) is 1. The monoisotopic (exact) mass is 393 g/mol. The predicted molar refractivity (Wildman–Crippen MR) is 107 cm³/mol. The van der Waals surface area contributed by atoms with Gasteiger partial charge in [0.25, 0.3) is 5.91 Å². The summed E-state index contributed by atoms with van der Waals surface area (Å²) < 4.78 is 6.79. The first-order chi connectivity index (χ1) is 14.1. The minimum Gasteiger partial charge on any atom is -0.466 e. The van der Waals surface area contributed by atoms with Crippen LogP contribution in [0, 0.1) is 12.8 Å². The maximum atomic E-state index is 13.1. The topological polar surface area (TPSA) is 90.2 Å². The molecule has 0 spiro atoms. The summed E-state index contributed by atoms with van der Waals surface area (Å²) in [5, 5.41) is 8.36. The lowest BCUT2D eigenvalue weighted by Crippen LogP contribution is -2.42. The summed E-state index contributed by atoms with van der Waals surface area (Å²) in [6, 6.07) is 9.17. The van der Waals surface area contributed by atoms with E-state index in [0.29, 0.717) is 36.4 Å². The third kappa shape index (κ3) is 3.70. The SMILES string of the molecule is CCOC(=O)C1CCCN(C(=O)c2ccc(C)c(-n3nnc4cccnc43)c2)C1. The molecule has 1 atom stereocenters. The number of carbonyl (C=O) groups is 2. The highest BCUT2D eigenvalue weighted by Crippen LogP contribution is 2.23. The lowest BCUT2D eigenvalue weighted by molar-refractivity contribution is -0.149. The van der Waals surface area contributed by atoms with Crippen molar-refractivity contribution in [1.29, 1.82) is 0 Å². The molecule has 8 heteroatoms. The van der Waals surface area contributed by atoms with E-state index >= 15 is 0 Å². The zero-order chi connectivity index (χ0) is 20.4. The normalized spacial score (nSPS) is 16.8. The minimum atomic E-state index is -0.263. The number of hydrogen-bond acceptors (Lipinski definition) is 6. The molecule has 1 saturated heterocycles. The summed E-state index contributed by atoms with van der Waals surface area (Å²) in [5.41, 5.74) is 3.60. The van der Waals surface area contributed by atoms with Crippen LogP contribution < -0.4 is 0 Å². The van der Waals surface area contributed by atoms with Crippen molar-refractivity contribution in [3.8, 4) is 5.69 Å². The first kappa shape index (κ1) is 19.0. The number of aromatic nitrogens is 4. The van der Waals surface area contributed by atoms with E-state index in [2.05, 4.69) is 15.3 Å². The largest absolute Gasteiger partial charge is 0.466 e. The number of benzene rings is 1. The van der Waals surface area contributed by atoms with Crippen molar-refractivity contribution in [2.24, 2.45) is 5.92 Å². The summed E-state index contributed by atoms with van der Waals surface area (Å²) in [7, 11) is 0. The van der Waals surface area contributed by atoms with Gasteiger partial charge in [0, 0.05) is 24.8 Å². The van der Waals surface area contributed by atoms with E-state index in [-0.39, 0.29) is 17.8 Å². The Balaban J connectivity index is 1.62. The number of ether oxygens (including phenoxy) is 1. The standard InChI is InChI=1S/C21H23N5O3/c1-3-29-21(28)16-6-5-11-25(13-16)20(27)15-9-8-14(2)18(12-15)26-19-17(23-24-26)7-4-10-22-19/h4,7-10,12,16H,3,5-6,11,13H2,1-2H3. The second-order valence-corrected chi connectivity index (χ2v) is 7.19. The van der Waals surface area contributed by atoms with Gasteiger partial charge in [-0.25, -0.2) is 4.98 Å². The third-order valence-corrected chi connectivity index (χ3v) is 5.22. The van der Waals surface area contributed by atoms with Gasteiger partial charge in [-0.3, -0.25) is 9.59 Å². The van der Waals surface area contributed by atoms with E-state index in [0.717, 1.165) is 24.1 Å². The fourth-order valence-electron chi connectivity index (χ4n) is 3.69. The Morgan fingerprint density at radius 1 is 1.28 bits per heavy atom. The number of rotatable bonds is 4. The average molecular weight is 393 g/mol. The fourth-order valence-corrected chi connectivity index (χ4v) is 3.69. The van der Waals surface area contributed by atoms with Crippen LogP contribution in [0.3, 0.4) is 0 Å². The number of piperidine rings is 1. The molecule has 1 aromatic carbocycles. The molecule has 29 heavy (non-hydrogen) atoms. The van der Waals surface area contributed by atoms with Crippen LogP contribution in [0.15, 0.2) is 36.5 Å². The van der Waals surface area contributed by atoms with E-state index in [4.69, 9.17) is 4.74 Å². The van der Waals surface area contributed by atoms with Crippen LogP contribution in [-0.2, 0) is 9.53 Å². The Hall–Kier alpha value is -3.29. The molecule has 0 aliphatic carbocycles. The molecule has 8 nitrogen and oxygen atoms in total. The predicted octanol–water partition coefficient (Wildman–Crippen LogP) is 2.54. The lowest BCUT2D eigenvalue weighted by Gasteiger charge is -2.31. The van der Waals surface area contributed by atoms with Crippen LogP contribution >= 0.6 is 0 Å². The van der Waals surface area contributed by atoms with Crippen LogP contribution in [-0.4, -0.2) is 56.5 Å². The van der Waals surface area contributed by atoms with Crippen molar-refractivity contribution in [3.63, 3.8) is 0 Å². The van der Waals surface area contributed by atoms with Gasteiger partial charge in [0.15, 0.2) is 5.65 Å². The molecule has 1 amide bonds. The van der Waals surface area contributed by atoms with Crippen LogP contribution in [0.25, 0.3) is 16.9 Å². The van der Waals surface area contributed by atoms with Crippen LogP contribution in [0.4, 0.5) is 0 Å². The lowest BCUT2D eigenvalue weighted by atomic mass is 9.97. The van der Waals surface area contributed by atoms with Crippen LogP contribution in [0.1, 0.15) is 35.7 Å². The number of carbonyl (C=O) groups excluding carboxylic acids is 2. The maximum absolute atomic E-state index is 13.1. The van der Waals surface area contributed by atoms with Gasteiger partial charge >= 0.3 is 5.97 Å². The van der Waals surface area contributed by atoms with Crippen molar-refractivity contribution >= 4 is 23.0 Å². The average Bonchev–Trinajstić information content (AvgIpc) is 3.18. The Morgan fingerprint density at radius 2 is 2.14 bits per heavy atom. The number of nitrogens with zero attached hydrogens (tertiary/aromatic N) is 5. The second kappa shape index (κ2) is 7.98. The molecule has 150 valence electrons. The van der Waals surface area contributed by atoms with Crippen molar-refractivity contribution in [2.75, 3.05) is 19.7 Å². The van der Waals surface area contributed by atoms with Crippen molar-refractivity contribution in [2.45, 2.75) is 26.7 Å². The zero-order valence-corrected chi connectivity index (χ0v) is 16.5. The number of esters is 1. The van der Waals surface area contributed by atoms with Gasteiger partial charge in [-0.15, -0.1) is 5.10 Å². The van der Waals surface area contributed by atoms with Gasteiger partial charge in [0.05, 0.1) is 18.2 Å². The Kier molecular flexibility index (Phi) is 5.24. The molecule has 1 aliphatic heterocycles. The first-order valence-electron chi connectivity index (χ1n) is 9.82. The smallest absolute Gasteiger partial charge is 0.310 e. The highest BCUT2D eigenvalue weighted by Gasteiger charge is 2.30. The molecule has 3 aromatic rings. The fraction of sp³-hybridized carbons (Fsp3) is 0.381. The number of fused-ring (bicyclic) bond motifs is 1. The number of pyridine rings is 1. The molecule has 1 unspecified atom stereocenters. The van der Waals surface area contributed by atoms with Crippen molar-refractivity contribution < 1.29 is 14.3 Å². The van der Waals surface area contributed by atoms with Gasteiger partial charge in [-0.2, -0.15) is 4.68 Å². The van der Waals surface area contributed by atoms with Gasteiger partial charge in [0.1, 0.15) is 5.52 Å². The van der Waals surface area contributed by atoms with Crippen molar-refractivity contribution in [3.05, 3.63) is 47.7 Å². The Labute approximate surface area is 168 Å². The van der Waals surface area contributed by atoms with Gasteiger partial charge < -0.3 is 9.64 Å². The first-order valence-corrected chi connectivity index (χ1v) is 9.82. The summed E-state index contributed by atoms with van der Waals surface area (Å²) in [6.45, 7) is 5.11. The quantitative estimate of drug-likeness (QED) is 0.633. The molecule has 2 aromatic heterocycles. The number of amides is 1. The summed E-state index contributed by atoms with van der Waals surface area (Å²) in [4.78, 5) is 31.3. The molecule has 0 radical (unpaired) electrons. The Morgan fingerprint density at radius 3 is 2.97 bits per heavy atom. The van der Waals surface area contributed by atoms with Crippen LogP contribution in [0.5, 0.6) is 0 Å². The molecular formula is C21H23N5O3.